The summed E-state index contributed by atoms with van der Waals surface area (Å²) in [5, 5.41) is 0. The Balaban J connectivity index is 1.89. The lowest BCUT2D eigenvalue weighted by atomic mass is 10.2. The number of nitrogens with one attached hydrogen (secondary N) is 1. The lowest BCUT2D eigenvalue weighted by Gasteiger charge is -2.08. The fraction of sp³-hybridized carbons (Fsp3) is 0.133. The number of benzene rings is 2. The van der Waals surface area contributed by atoms with Crippen molar-refractivity contribution in [3.8, 4) is 0 Å². The minimum Gasteiger partial charge on any atom is -0.460 e. The van der Waals surface area contributed by atoms with E-state index in [0.29, 0.717) is 4.47 Å². The summed E-state index contributed by atoms with van der Waals surface area (Å²) >= 11 is 3.17. The van der Waals surface area contributed by atoms with Gasteiger partial charge in [-0.2, -0.15) is 4.72 Å². The predicted octanol–water partition coefficient (Wildman–Crippen LogP) is 2.47. The number of esters is 1. The van der Waals surface area contributed by atoms with Crippen molar-refractivity contribution < 1.29 is 17.9 Å². The van der Waals surface area contributed by atoms with Gasteiger partial charge in [0.05, 0.1) is 4.90 Å². The Morgan fingerprint density at radius 2 is 1.68 bits per heavy atom. The van der Waals surface area contributed by atoms with E-state index in [0.717, 1.165) is 5.56 Å². The number of ether oxygens (including phenoxy) is 1. The van der Waals surface area contributed by atoms with Crippen molar-refractivity contribution in [2.24, 2.45) is 0 Å². The van der Waals surface area contributed by atoms with Crippen LogP contribution in [0, 0.1) is 0 Å². The van der Waals surface area contributed by atoms with Crippen LogP contribution in [0.1, 0.15) is 5.56 Å². The molecule has 0 radical (unpaired) electrons. The third kappa shape index (κ3) is 4.66. The number of halogens is 1. The molecule has 0 unspecified atom stereocenters. The quantitative estimate of drug-likeness (QED) is 0.777. The Morgan fingerprint density at radius 3 is 2.36 bits per heavy atom. The second kappa shape index (κ2) is 7.53. The van der Waals surface area contributed by atoms with Crippen molar-refractivity contribution in [1.82, 2.24) is 4.72 Å². The number of hydrogen-bond acceptors (Lipinski definition) is 4. The number of carbonyl (C=O) groups excluding carboxylic acids is 1. The standard InChI is InChI=1S/C15H14BrNO4S/c16-13-8-4-5-9-14(13)22(19,20)17-10-15(18)21-11-12-6-2-1-3-7-12/h1-9,17H,10-11H2. The van der Waals surface area contributed by atoms with E-state index >= 15 is 0 Å². The van der Waals surface area contributed by atoms with Crippen molar-refractivity contribution in [2.75, 3.05) is 6.54 Å². The molecule has 0 fully saturated rings. The predicted molar refractivity (Wildman–Crippen MR) is 85.6 cm³/mol. The molecule has 0 aliphatic heterocycles. The van der Waals surface area contributed by atoms with Crippen LogP contribution in [0.3, 0.4) is 0 Å². The van der Waals surface area contributed by atoms with Gasteiger partial charge in [0, 0.05) is 4.47 Å². The van der Waals surface area contributed by atoms with Crippen LogP contribution in [0.5, 0.6) is 0 Å². The summed E-state index contributed by atoms with van der Waals surface area (Å²) in [7, 11) is -3.77. The van der Waals surface area contributed by atoms with Crippen LogP contribution >= 0.6 is 15.9 Å². The lowest BCUT2D eigenvalue weighted by molar-refractivity contribution is -0.143. The van der Waals surface area contributed by atoms with Crippen molar-refractivity contribution >= 4 is 31.9 Å². The first kappa shape index (κ1) is 16.7. The van der Waals surface area contributed by atoms with E-state index in [1.54, 1.807) is 18.2 Å². The fourth-order valence-corrected chi connectivity index (χ4v) is 3.65. The maximum atomic E-state index is 12.1. The normalized spacial score (nSPS) is 11.1. The Bertz CT molecular complexity index is 747. The third-order valence-corrected chi connectivity index (χ3v) is 5.19. The van der Waals surface area contributed by atoms with Gasteiger partial charge in [-0.3, -0.25) is 4.79 Å². The van der Waals surface area contributed by atoms with Crippen LogP contribution in [-0.4, -0.2) is 20.9 Å². The highest BCUT2D eigenvalue weighted by atomic mass is 79.9. The van der Waals surface area contributed by atoms with Crippen molar-refractivity contribution in [2.45, 2.75) is 11.5 Å². The van der Waals surface area contributed by atoms with Crippen LogP contribution < -0.4 is 4.72 Å². The summed E-state index contributed by atoms with van der Waals surface area (Å²) in [6.07, 6.45) is 0. The summed E-state index contributed by atoms with van der Waals surface area (Å²) in [4.78, 5) is 11.7. The SMILES string of the molecule is O=C(CNS(=O)(=O)c1ccccc1Br)OCc1ccccc1. The second-order valence-electron chi connectivity index (χ2n) is 4.40. The molecule has 0 aliphatic rings. The van der Waals surface area contributed by atoms with Gasteiger partial charge in [0.25, 0.3) is 0 Å². The summed E-state index contributed by atoms with van der Waals surface area (Å²) in [6.45, 7) is -0.313. The van der Waals surface area contributed by atoms with E-state index in [9.17, 15) is 13.2 Å². The first-order chi connectivity index (χ1) is 10.5. The fourth-order valence-electron chi connectivity index (χ4n) is 1.68. The topological polar surface area (TPSA) is 72.5 Å². The van der Waals surface area contributed by atoms with Gasteiger partial charge in [-0.1, -0.05) is 42.5 Å². The molecule has 0 heterocycles. The molecule has 0 atom stereocenters. The van der Waals surface area contributed by atoms with Gasteiger partial charge in [-0.25, -0.2) is 8.42 Å². The van der Waals surface area contributed by atoms with E-state index in [-0.39, 0.29) is 11.5 Å². The molecule has 1 N–H and O–H groups in total. The molecular weight excluding hydrogens is 370 g/mol. The zero-order valence-electron chi connectivity index (χ0n) is 11.5. The number of carbonyl (C=O) groups is 1. The molecule has 0 amide bonds. The van der Waals surface area contributed by atoms with Crippen molar-refractivity contribution in [3.05, 3.63) is 64.6 Å². The average Bonchev–Trinajstić information content (AvgIpc) is 2.52. The molecule has 7 heteroatoms. The molecule has 2 rings (SSSR count). The number of rotatable bonds is 6. The van der Waals surface area contributed by atoms with Crippen LogP contribution in [0.15, 0.2) is 64.0 Å². The highest BCUT2D eigenvalue weighted by molar-refractivity contribution is 9.10. The van der Waals surface area contributed by atoms with Gasteiger partial charge in [0.15, 0.2) is 0 Å². The minimum atomic E-state index is -3.77. The van der Waals surface area contributed by atoms with Crippen molar-refractivity contribution in [3.63, 3.8) is 0 Å². The Hall–Kier alpha value is -1.70. The summed E-state index contributed by atoms with van der Waals surface area (Å²) in [5.41, 5.74) is 0.838. The number of sulfonamides is 1. The Kier molecular flexibility index (Phi) is 5.70. The summed E-state index contributed by atoms with van der Waals surface area (Å²) in [6, 6.07) is 15.5. The highest BCUT2D eigenvalue weighted by Gasteiger charge is 2.18. The molecule has 0 saturated heterocycles. The zero-order chi connectivity index (χ0) is 16.0. The third-order valence-electron chi connectivity index (χ3n) is 2.78. The Morgan fingerprint density at radius 1 is 1.05 bits per heavy atom. The average molecular weight is 384 g/mol. The van der Waals surface area contributed by atoms with Gasteiger partial charge in [-0.15, -0.1) is 0 Å². The maximum Gasteiger partial charge on any atom is 0.321 e. The van der Waals surface area contributed by atoms with E-state index in [4.69, 9.17) is 4.74 Å². The van der Waals surface area contributed by atoms with Gasteiger partial charge >= 0.3 is 5.97 Å². The minimum absolute atomic E-state index is 0.0749. The zero-order valence-corrected chi connectivity index (χ0v) is 13.9. The van der Waals surface area contributed by atoms with Gasteiger partial charge in [-0.05, 0) is 33.6 Å². The molecule has 0 aliphatic carbocycles. The Labute approximate surface area is 137 Å². The largest absolute Gasteiger partial charge is 0.460 e. The molecule has 5 nitrogen and oxygen atoms in total. The molecule has 116 valence electrons. The van der Waals surface area contributed by atoms with Crippen molar-refractivity contribution in [1.29, 1.82) is 0 Å². The van der Waals surface area contributed by atoms with Crippen LogP contribution in [0.2, 0.25) is 0 Å². The van der Waals surface area contributed by atoms with Crippen LogP contribution in [0.4, 0.5) is 0 Å². The van der Waals surface area contributed by atoms with E-state index < -0.39 is 22.5 Å². The molecular formula is C15H14BrNO4S. The summed E-state index contributed by atoms with van der Waals surface area (Å²) in [5.74, 6) is -0.639. The second-order valence-corrected chi connectivity index (χ2v) is 6.99. The number of hydrogen-bond donors (Lipinski definition) is 1. The molecule has 0 saturated carbocycles. The smallest absolute Gasteiger partial charge is 0.321 e. The monoisotopic (exact) mass is 383 g/mol. The maximum absolute atomic E-state index is 12.1. The van der Waals surface area contributed by atoms with Crippen LogP contribution in [0.25, 0.3) is 0 Å². The summed E-state index contributed by atoms with van der Waals surface area (Å²) < 4.78 is 31.8. The van der Waals surface area contributed by atoms with Gasteiger partial charge in [0.2, 0.25) is 10.0 Å². The van der Waals surface area contributed by atoms with E-state index in [1.807, 2.05) is 30.3 Å². The van der Waals surface area contributed by atoms with E-state index in [1.165, 1.54) is 6.07 Å². The van der Waals surface area contributed by atoms with E-state index in [2.05, 4.69) is 20.7 Å². The van der Waals surface area contributed by atoms with Gasteiger partial charge < -0.3 is 4.74 Å². The first-order valence-corrected chi connectivity index (χ1v) is 8.70. The first-order valence-electron chi connectivity index (χ1n) is 6.43. The molecule has 2 aromatic rings. The van der Waals surface area contributed by atoms with Crippen LogP contribution in [-0.2, 0) is 26.2 Å². The molecule has 0 bridgehead atoms. The molecule has 2 aromatic carbocycles. The highest BCUT2D eigenvalue weighted by Crippen LogP contribution is 2.20. The molecule has 0 spiro atoms. The lowest BCUT2D eigenvalue weighted by Crippen LogP contribution is -2.30. The molecule has 0 aromatic heterocycles. The molecule has 22 heavy (non-hydrogen) atoms. The van der Waals surface area contributed by atoms with Gasteiger partial charge in [0.1, 0.15) is 13.2 Å².